The molecule has 0 bridgehead atoms. The minimum Gasteiger partial charge on any atom is -0.489 e. The van der Waals surface area contributed by atoms with Gasteiger partial charge in [-0.1, -0.05) is 80.9 Å². The summed E-state index contributed by atoms with van der Waals surface area (Å²) in [5.41, 5.74) is 6.81. The summed E-state index contributed by atoms with van der Waals surface area (Å²) in [5, 5.41) is 9.14. The molecule has 3 heteroatoms. The fourth-order valence-corrected chi connectivity index (χ4v) is 3.34. The van der Waals surface area contributed by atoms with Crippen molar-refractivity contribution in [1.29, 1.82) is 0 Å². The van der Waals surface area contributed by atoms with E-state index in [4.69, 9.17) is 9.84 Å². The van der Waals surface area contributed by atoms with E-state index in [1.807, 2.05) is 18.2 Å². The zero-order valence-corrected chi connectivity index (χ0v) is 18.2. The van der Waals surface area contributed by atoms with E-state index in [9.17, 15) is 4.79 Å². The van der Waals surface area contributed by atoms with Gasteiger partial charge in [-0.15, -0.1) is 0 Å². The molecule has 3 aromatic carbocycles. The van der Waals surface area contributed by atoms with Crippen LogP contribution in [0.3, 0.4) is 0 Å². The molecule has 0 spiro atoms. The second kappa shape index (κ2) is 9.17. The Morgan fingerprint density at radius 2 is 1.53 bits per heavy atom. The number of aryl methyl sites for hydroxylation is 2. The third-order valence-corrected chi connectivity index (χ3v) is 5.27. The van der Waals surface area contributed by atoms with Crippen LogP contribution in [-0.2, 0) is 23.2 Å². The lowest BCUT2D eigenvalue weighted by Crippen LogP contribution is -2.11. The van der Waals surface area contributed by atoms with E-state index < -0.39 is 5.97 Å². The number of ether oxygens (including phenoxy) is 1. The zero-order valence-electron chi connectivity index (χ0n) is 18.2. The van der Waals surface area contributed by atoms with E-state index in [2.05, 4.69) is 76.2 Å². The summed E-state index contributed by atoms with van der Waals surface area (Å²) in [6, 6.07) is 22.8. The van der Waals surface area contributed by atoms with Gasteiger partial charge in [0, 0.05) is 6.42 Å². The zero-order chi connectivity index (χ0) is 21.7. The summed E-state index contributed by atoms with van der Waals surface area (Å²) in [4.78, 5) is 11.1. The van der Waals surface area contributed by atoms with Crippen molar-refractivity contribution in [1.82, 2.24) is 0 Å². The molecule has 0 saturated heterocycles. The summed E-state index contributed by atoms with van der Waals surface area (Å²) >= 11 is 0. The number of hydrogen-bond acceptors (Lipinski definition) is 2. The fourth-order valence-electron chi connectivity index (χ4n) is 3.34. The number of benzene rings is 3. The lowest BCUT2D eigenvalue weighted by Gasteiger charge is -2.19. The quantitative estimate of drug-likeness (QED) is 0.487. The lowest BCUT2D eigenvalue weighted by molar-refractivity contribution is -0.136. The second-order valence-electron chi connectivity index (χ2n) is 8.82. The third kappa shape index (κ3) is 5.73. The van der Waals surface area contributed by atoms with E-state index in [1.54, 1.807) is 0 Å². The van der Waals surface area contributed by atoms with Gasteiger partial charge in [-0.05, 0) is 58.7 Å². The van der Waals surface area contributed by atoms with E-state index in [0.717, 1.165) is 28.0 Å². The van der Waals surface area contributed by atoms with Gasteiger partial charge in [-0.3, -0.25) is 4.79 Å². The molecule has 30 heavy (non-hydrogen) atoms. The molecule has 1 N–H and O–H groups in total. The van der Waals surface area contributed by atoms with Gasteiger partial charge in [-0.2, -0.15) is 0 Å². The van der Waals surface area contributed by atoms with Crippen molar-refractivity contribution in [3.05, 3.63) is 89.0 Å². The Hall–Kier alpha value is -3.07. The number of hydrogen-bond donors (Lipinski definition) is 1. The molecule has 3 aromatic rings. The van der Waals surface area contributed by atoms with E-state index >= 15 is 0 Å². The first-order chi connectivity index (χ1) is 14.2. The van der Waals surface area contributed by atoms with Gasteiger partial charge in [0.15, 0.2) is 0 Å². The summed E-state index contributed by atoms with van der Waals surface area (Å²) in [6.07, 6.45) is 0.515. The number of rotatable bonds is 7. The third-order valence-electron chi connectivity index (χ3n) is 5.27. The maximum Gasteiger partial charge on any atom is 0.303 e. The van der Waals surface area contributed by atoms with Gasteiger partial charge in [0.05, 0.1) is 0 Å². The molecule has 0 fully saturated rings. The maximum atomic E-state index is 11.1. The molecule has 0 saturated carbocycles. The topological polar surface area (TPSA) is 46.5 Å². The smallest absolute Gasteiger partial charge is 0.303 e. The highest BCUT2D eigenvalue weighted by atomic mass is 16.5. The van der Waals surface area contributed by atoms with Crippen LogP contribution in [0.2, 0.25) is 0 Å². The van der Waals surface area contributed by atoms with Crippen LogP contribution in [0.5, 0.6) is 5.75 Å². The first-order valence-electron chi connectivity index (χ1n) is 10.4. The number of aliphatic carboxylic acids is 1. The van der Waals surface area contributed by atoms with Crippen molar-refractivity contribution in [2.24, 2.45) is 0 Å². The molecular weight excluding hydrogens is 372 g/mol. The molecule has 0 radical (unpaired) electrons. The van der Waals surface area contributed by atoms with Crippen molar-refractivity contribution < 1.29 is 14.6 Å². The van der Waals surface area contributed by atoms with E-state index in [-0.39, 0.29) is 11.8 Å². The predicted molar refractivity (Wildman–Crippen MR) is 122 cm³/mol. The first-order valence-corrected chi connectivity index (χ1v) is 10.4. The molecule has 0 aliphatic carbocycles. The molecule has 156 valence electrons. The van der Waals surface area contributed by atoms with Gasteiger partial charge in [0.2, 0.25) is 0 Å². The van der Waals surface area contributed by atoms with Crippen LogP contribution in [0.1, 0.15) is 49.4 Å². The van der Waals surface area contributed by atoms with Gasteiger partial charge >= 0.3 is 5.97 Å². The van der Waals surface area contributed by atoms with Crippen molar-refractivity contribution in [2.45, 2.75) is 52.6 Å². The van der Waals surface area contributed by atoms with Crippen molar-refractivity contribution >= 4 is 5.97 Å². The average molecular weight is 403 g/mol. The molecule has 3 nitrogen and oxygen atoms in total. The fraction of sp³-hybridized carbons (Fsp3) is 0.296. The number of carbonyl (C=O) groups is 1. The SMILES string of the molecule is Cc1ccc(-c2ccc(OCc3ccc(C(C)(C)C)cc3)c(CCC(=O)O)c2)cc1. The van der Waals surface area contributed by atoms with Gasteiger partial charge < -0.3 is 9.84 Å². The highest BCUT2D eigenvalue weighted by Gasteiger charge is 2.13. The van der Waals surface area contributed by atoms with Gasteiger partial charge in [0.1, 0.15) is 12.4 Å². The Bertz CT molecular complexity index is 994. The Balaban J connectivity index is 1.80. The summed E-state index contributed by atoms with van der Waals surface area (Å²) < 4.78 is 6.10. The Labute approximate surface area is 179 Å². The molecule has 0 aliphatic heterocycles. The maximum absolute atomic E-state index is 11.1. The van der Waals surface area contributed by atoms with Crippen LogP contribution in [0.4, 0.5) is 0 Å². The van der Waals surface area contributed by atoms with Crippen molar-refractivity contribution in [3.63, 3.8) is 0 Å². The highest BCUT2D eigenvalue weighted by Crippen LogP contribution is 2.29. The first kappa shape index (κ1) is 21.6. The molecule has 0 aliphatic rings. The Morgan fingerprint density at radius 3 is 2.13 bits per heavy atom. The Morgan fingerprint density at radius 1 is 0.900 bits per heavy atom. The molecule has 0 atom stereocenters. The van der Waals surface area contributed by atoms with Crippen molar-refractivity contribution in [2.75, 3.05) is 0 Å². The minimum atomic E-state index is -0.806. The monoisotopic (exact) mass is 402 g/mol. The Kier molecular flexibility index (Phi) is 6.61. The summed E-state index contributed by atoms with van der Waals surface area (Å²) in [5.74, 6) is -0.0635. The highest BCUT2D eigenvalue weighted by molar-refractivity contribution is 5.69. The van der Waals surface area contributed by atoms with E-state index in [1.165, 1.54) is 11.1 Å². The van der Waals surface area contributed by atoms with Crippen LogP contribution in [0.25, 0.3) is 11.1 Å². The minimum absolute atomic E-state index is 0.0774. The standard InChI is InChI=1S/C27H30O3/c1-19-5-9-21(10-6-19)22-11-15-25(23(17-22)12-16-26(28)29)30-18-20-7-13-24(14-8-20)27(2,3)4/h5-11,13-15,17H,12,16,18H2,1-4H3,(H,28,29). The average Bonchev–Trinajstić information content (AvgIpc) is 2.71. The van der Waals surface area contributed by atoms with Crippen LogP contribution >= 0.6 is 0 Å². The van der Waals surface area contributed by atoms with Crippen molar-refractivity contribution in [3.8, 4) is 16.9 Å². The van der Waals surface area contributed by atoms with Gasteiger partial charge in [0.25, 0.3) is 0 Å². The molecular formula is C27H30O3. The molecule has 0 unspecified atom stereocenters. The number of carboxylic acids is 1. The van der Waals surface area contributed by atoms with Crippen LogP contribution in [0, 0.1) is 6.92 Å². The lowest BCUT2D eigenvalue weighted by atomic mass is 9.87. The van der Waals surface area contributed by atoms with Crippen LogP contribution in [-0.4, -0.2) is 11.1 Å². The molecule has 0 heterocycles. The predicted octanol–water partition coefficient (Wildman–Crippen LogP) is 6.56. The summed E-state index contributed by atoms with van der Waals surface area (Å²) in [6.45, 7) is 9.11. The van der Waals surface area contributed by atoms with E-state index in [0.29, 0.717) is 13.0 Å². The number of carboxylic acid groups (broad SMARTS) is 1. The second-order valence-corrected chi connectivity index (χ2v) is 8.82. The summed E-state index contributed by atoms with van der Waals surface area (Å²) in [7, 11) is 0. The van der Waals surface area contributed by atoms with Crippen LogP contribution < -0.4 is 4.74 Å². The van der Waals surface area contributed by atoms with Gasteiger partial charge in [-0.25, -0.2) is 0 Å². The normalized spacial score (nSPS) is 11.3. The van der Waals surface area contributed by atoms with Crippen LogP contribution in [0.15, 0.2) is 66.7 Å². The molecule has 0 amide bonds. The largest absolute Gasteiger partial charge is 0.489 e. The molecule has 0 aromatic heterocycles. The molecule has 3 rings (SSSR count).